The quantitative estimate of drug-likeness (QED) is 0.799. The average Bonchev–Trinajstić information content (AvgIpc) is 2.89. The van der Waals surface area contributed by atoms with Crippen molar-refractivity contribution in [3.8, 4) is 5.75 Å². The molecule has 1 unspecified atom stereocenters. The minimum Gasteiger partial charge on any atom is -0.493 e. The van der Waals surface area contributed by atoms with Gasteiger partial charge in [-0.1, -0.05) is 11.6 Å². The molecule has 0 saturated heterocycles. The molecule has 1 atom stereocenters. The Morgan fingerprint density at radius 2 is 2.30 bits per heavy atom. The summed E-state index contributed by atoms with van der Waals surface area (Å²) in [6, 6.07) is 5.77. The number of hydrogen-bond donors (Lipinski definition) is 1. The van der Waals surface area contributed by atoms with Gasteiger partial charge in [0.05, 0.1) is 12.9 Å². The van der Waals surface area contributed by atoms with Crippen LogP contribution < -0.4 is 10.5 Å². The second-order valence-corrected chi connectivity index (χ2v) is 5.37. The normalized spacial score (nSPS) is 12.3. The first kappa shape index (κ1) is 14.9. The van der Waals surface area contributed by atoms with Crippen LogP contribution in [0.5, 0.6) is 5.75 Å². The van der Waals surface area contributed by atoms with Crippen LogP contribution in [0.1, 0.15) is 18.9 Å². The Morgan fingerprint density at radius 3 is 3.00 bits per heavy atom. The maximum Gasteiger partial charge on any atom is 0.122 e. The molecule has 1 heterocycles. The molecule has 108 valence electrons. The molecule has 0 amide bonds. The number of benzene rings is 1. The largest absolute Gasteiger partial charge is 0.493 e. The summed E-state index contributed by atoms with van der Waals surface area (Å²) in [5.41, 5.74) is 6.92. The van der Waals surface area contributed by atoms with Gasteiger partial charge < -0.3 is 15.0 Å². The summed E-state index contributed by atoms with van der Waals surface area (Å²) < 4.78 is 7.88. The predicted octanol–water partition coefficient (Wildman–Crippen LogP) is 2.90. The molecule has 5 heteroatoms. The molecule has 0 spiro atoms. The van der Waals surface area contributed by atoms with Gasteiger partial charge in [-0.15, -0.1) is 0 Å². The van der Waals surface area contributed by atoms with Gasteiger partial charge in [0.2, 0.25) is 0 Å². The van der Waals surface area contributed by atoms with Crippen LogP contribution in [0.3, 0.4) is 0 Å². The van der Waals surface area contributed by atoms with Crippen molar-refractivity contribution in [2.75, 3.05) is 6.61 Å². The van der Waals surface area contributed by atoms with Crippen molar-refractivity contribution in [3.05, 3.63) is 47.5 Å². The lowest BCUT2D eigenvalue weighted by molar-refractivity contribution is 0.298. The second kappa shape index (κ2) is 7.31. The van der Waals surface area contributed by atoms with Crippen molar-refractivity contribution in [1.82, 2.24) is 9.55 Å². The first-order valence-corrected chi connectivity index (χ1v) is 7.15. The Hall–Kier alpha value is -1.52. The molecule has 2 rings (SSSR count). The smallest absolute Gasteiger partial charge is 0.122 e. The zero-order valence-corrected chi connectivity index (χ0v) is 12.4. The van der Waals surface area contributed by atoms with Crippen LogP contribution in [0.25, 0.3) is 0 Å². The SMILES string of the molecule is CC(N)Cc1cc(Cl)ccc1OCCCn1ccnc1. The summed E-state index contributed by atoms with van der Waals surface area (Å²) in [4.78, 5) is 4.01. The van der Waals surface area contributed by atoms with Crippen molar-refractivity contribution >= 4 is 11.6 Å². The summed E-state index contributed by atoms with van der Waals surface area (Å²) in [7, 11) is 0. The molecule has 0 aliphatic carbocycles. The van der Waals surface area contributed by atoms with E-state index in [2.05, 4.69) is 4.98 Å². The molecule has 20 heavy (non-hydrogen) atoms. The fourth-order valence-corrected chi connectivity index (χ4v) is 2.24. The Balaban J connectivity index is 1.88. The van der Waals surface area contributed by atoms with Gasteiger partial charge in [0.15, 0.2) is 0 Å². The zero-order valence-electron chi connectivity index (χ0n) is 11.6. The number of nitrogens with zero attached hydrogens (tertiary/aromatic N) is 2. The molecule has 4 nitrogen and oxygen atoms in total. The number of halogens is 1. The van der Waals surface area contributed by atoms with Crippen LogP contribution in [0.15, 0.2) is 36.9 Å². The van der Waals surface area contributed by atoms with Crippen molar-refractivity contribution in [3.63, 3.8) is 0 Å². The lowest BCUT2D eigenvalue weighted by atomic mass is 10.1. The molecular weight excluding hydrogens is 274 g/mol. The number of hydrogen-bond acceptors (Lipinski definition) is 3. The molecule has 2 N–H and O–H groups in total. The number of imidazole rings is 1. The third-order valence-electron chi connectivity index (χ3n) is 2.94. The van der Waals surface area contributed by atoms with Crippen LogP contribution in [-0.4, -0.2) is 22.2 Å². The Morgan fingerprint density at radius 1 is 1.45 bits per heavy atom. The molecule has 0 aliphatic heterocycles. The minimum absolute atomic E-state index is 0.0850. The van der Waals surface area contributed by atoms with Crippen LogP contribution >= 0.6 is 11.6 Å². The van der Waals surface area contributed by atoms with E-state index < -0.39 is 0 Å². The predicted molar refractivity (Wildman–Crippen MR) is 81.1 cm³/mol. The van der Waals surface area contributed by atoms with Crippen LogP contribution in [0.2, 0.25) is 5.02 Å². The van der Waals surface area contributed by atoms with E-state index in [1.807, 2.05) is 42.2 Å². The molecule has 0 aliphatic rings. The molecule has 0 saturated carbocycles. The minimum atomic E-state index is 0.0850. The molecule has 0 radical (unpaired) electrons. The van der Waals surface area contributed by atoms with Gasteiger partial charge in [-0.3, -0.25) is 0 Å². The zero-order chi connectivity index (χ0) is 14.4. The van der Waals surface area contributed by atoms with Crippen LogP contribution in [0.4, 0.5) is 0 Å². The lowest BCUT2D eigenvalue weighted by Gasteiger charge is -2.13. The van der Waals surface area contributed by atoms with Gasteiger partial charge in [0, 0.05) is 30.0 Å². The highest BCUT2D eigenvalue weighted by Crippen LogP contribution is 2.24. The van der Waals surface area contributed by atoms with Crippen molar-refractivity contribution in [2.24, 2.45) is 5.73 Å². The maximum absolute atomic E-state index is 6.02. The molecule has 0 fully saturated rings. The van der Waals surface area contributed by atoms with Gasteiger partial charge in [0.1, 0.15) is 5.75 Å². The summed E-state index contributed by atoms with van der Waals surface area (Å²) in [6.45, 7) is 3.53. The molecule has 2 aromatic rings. The third kappa shape index (κ3) is 4.54. The van der Waals surface area contributed by atoms with Gasteiger partial charge in [-0.2, -0.15) is 0 Å². The van der Waals surface area contributed by atoms with Gasteiger partial charge in [-0.25, -0.2) is 4.98 Å². The highest BCUT2D eigenvalue weighted by atomic mass is 35.5. The molecular formula is C15H20ClN3O. The first-order valence-electron chi connectivity index (χ1n) is 6.77. The summed E-state index contributed by atoms with van der Waals surface area (Å²) >= 11 is 6.02. The Bertz CT molecular complexity index is 526. The number of rotatable bonds is 7. The summed E-state index contributed by atoms with van der Waals surface area (Å²) in [5.74, 6) is 0.873. The van der Waals surface area contributed by atoms with E-state index in [0.717, 1.165) is 30.7 Å². The van der Waals surface area contributed by atoms with Crippen molar-refractivity contribution in [2.45, 2.75) is 32.4 Å². The summed E-state index contributed by atoms with van der Waals surface area (Å²) in [6.07, 6.45) is 7.22. The van der Waals surface area contributed by atoms with Crippen molar-refractivity contribution in [1.29, 1.82) is 0 Å². The standard InChI is InChI=1S/C15H20ClN3O/c1-12(17)9-13-10-14(16)3-4-15(13)20-8-2-6-19-7-5-18-11-19/h3-5,7,10-12H,2,6,8-9,17H2,1H3. The Kier molecular flexibility index (Phi) is 5.44. The van der Waals surface area contributed by atoms with E-state index in [-0.39, 0.29) is 6.04 Å². The van der Waals surface area contributed by atoms with Crippen LogP contribution in [0, 0.1) is 0 Å². The number of nitrogens with two attached hydrogens (primary N) is 1. The van der Waals surface area contributed by atoms with Crippen LogP contribution in [-0.2, 0) is 13.0 Å². The number of ether oxygens (including phenoxy) is 1. The van der Waals surface area contributed by atoms with Gasteiger partial charge in [0.25, 0.3) is 0 Å². The highest BCUT2D eigenvalue weighted by molar-refractivity contribution is 6.30. The van der Waals surface area contributed by atoms with E-state index in [1.165, 1.54) is 0 Å². The van der Waals surface area contributed by atoms with E-state index in [0.29, 0.717) is 11.6 Å². The highest BCUT2D eigenvalue weighted by Gasteiger charge is 2.07. The molecule has 1 aromatic carbocycles. The van der Waals surface area contributed by atoms with Gasteiger partial charge in [-0.05, 0) is 43.5 Å². The fraction of sp³-hybridized carbons (Fsp3) is 0.400. The number of aryl methyl sites for hydroxylation is 1. The Labute approximate surface area is 124 Å². The van der Waals surface area contributed by atoms with E-state index >= 15 is 0 Å². The maximum atomic E-state index is 6.02. The topological polar surface area (TPSA) is 53.1 Å². The number of aromatic nitrogens is 2. The third-order valence-corrected chi connectivity index (χ3v) is 3.18. The monoisotopic (exact) mass is 293 g/mol. The van der Waals surface area contributed by atoms with E-state index in [9.17, 15) is 0 Å². The fourth-order valence-electron chi connectivity index (χ4n) is 2.04. The van der Waals surface area contributed by atoms with E-state index in [4.69, 9.17) is 22.1 Å². The summed E-state index contributed by atoms with van der Waals surface area (Å²) in [5, 5.41) is 0.714. The first-order chi connectivity index (χ1) is 9.65. The van der Waals surface area contributed by atoms with Gasteiger partial charge >= 0.3 is 0 Å². The molecule has 1 aromatic heterocycles. The average molecular weight is 294 g/mol. The lowest BCUT2D eigenvalue weighted by Crippen LogP contribution is -2.18. The molecule has 0 bridgehead atoms. The van der Waals surface area contributed by atoms with E-state index in [1.54, 1.807) is 6.20 Å². The second-order valence-electron chi connectivity index (χ2n) is 4.94. The van der Waals surface area contributed by atoms with Crippen molar-refractivity contribution < 1.29 is 4.74 Å².